The monoisotopic (exact) mass is 473 g/mol. The molecule has 0 saturated carbocycles. The fourth-order valence-electron chi connectivity index (χ4n) is 4.13. The SMILES string of the molecule is [2H]C([2H])([2H])N[C@@H](C)C(=O)N[C@H](C(=O)N1CC(C)(C)c2cc(=O)n(Cc3ccc(F)cc3)cc21)C(C)(C)C. The second-order valence-electron chi connectivity index (χ2n) is 10.6. The van der Waals surface area contributed by atoms with Crippen LogP contribution < -0.4 is 21.1 Å². The average Bonchev–Trinajstić information content (AvgIpc) is 3.01. The molecule has 0 bridgehead atoms. The Bertz CT molecular complexity index is 1230. The number of halogens is 1. The van der Waals surface area contributed by atoms with Crippen LogP contribution in [0.1, 0.15) is 56.8 Å². The topological polar surface area (TPSA) is 83.4 Å². The number of hydrogen-bond donors (Lipinski definition) is 2. The number of amides is 2. The molecule has 1 aliphatic heterocycles. The number of likely N-dealkylation sites (N-methyl/N-ethyl adjacent to an activating group) is 1. The zero-order valence-corrected chi connectivity index (χ0v) is 20.5. The summed E-state index contributed by atoms with van der Waals surface area (Å²) in [6, 6.07) is 5.37. The van der Waals surface area contributed by atoms with Crippen molar-refractivity contribution in [2.45, 2.75) is 65.6 Å². The Hall–Kier alpha value is -3.00. The maximum absolute atomic E-state index is 13.9. The zero-order valence-electron chi connectivity index (χ0n) is 23.5. The second-order valence-corrected chi connectivity index (χ2v) is 10.6. The summed E-state index contributed by atoms with van der Waals surface area (Å²) in [5.41, 5.74) is 0.570. The van der Waals surface area contributed by atoms with E-state index < -0.39 is 35.8 Å². The summed E-state index contributed by atoms with van der Waals surface area (Å²) in [5, 5.41) is 4.99. The van der Waals surface area contributed by atoms with E-state index in [-0.39, 0.29) is 23.8 Å². The minimum Gasteiger partial charge on any atom is -0.342 e. The molecule has 2 atom stereocenters. The Kier molecular flexibility index (Phi) is 5.91. The Labute approximate surface area is 204 Å². The highest BCUT2D eigenvalue weighted by atomic mass is 19.1. The van der Waals surface area contributed by atoms with Gasteiger partial charge in [0.15, 0.2) is 0 Å². The zero-order chi connectivity index (χ0) is 27.9. The largest absolute Gasteiger partial charge is 0.342 e. The van der Waals surface area contributed by atoms with Gasteiger partial charge in [-0.3, -0.25) is 14.4 Å². The number of pyridine rings is 1. The third-order valence-corrected chi connectivity index (χ3v) is 6.22. The first-order chi connectivity index (χ1) is 16.9. The lowest BCUT2D eigenvalue weighted by molar-refractivity contribution is -0.130. The van der Waals surface area contributed by atoms with E-state index in [0.29, 0.717) is 12.2 Å². The van der Waals surface area contributed by atoms with Crippen molar-refractivity contribution in [3.63, 3.8) is 0 Å². The third-order valence-electron chi connectivity index (χ3n) is 6.22. The van der Waals surface area contributed by atoms with E-state index in [0.717, 1.165) is 11.1 Å². The Balaban J connectivity index is 1.96. The van der Waals surface area contributed by atoms with Crippen molar-refractivity contribution >= 4 is 17.5 Å². The molecule has 2 heterocycles. The van der Waals surface area contributed by atoms with E-state index >= 15 is 0 Å². The number of benzene rings is 1. The molecule has 0 aliphatic carbocycles. The number of carbonyl (C=O) groups is 2. The van der Waals surface area contributed by atoms with Gasteiger partial charge in [0.25, 0.3) is 5.56 Å². The number of rotatable bonds is 6. The van der Waals surface area contributed by atoms with Crippen LogP contribution >= 0.6 is 0 Å². The average molecular weight is 474 g/mol. The number of fused-ring (bicyclic) bond motifs is 1. The number of nitrogens with zero attached hydrogens (tertiary/aromatic N) is 2. The molecule has 8 heteroatoms. The summed E-state index contributed by atoms with van der Waals surface area (Å²) in [6.07, 6.45) is 1.63. The van der Waals surface area contributed by atoms with Gasteiger partial charge < -0.3 is 20.1 Å². The van der Waals surface area contributed by atoms with Gasteiger partial charge in [-0.25, -0.2) is 4.39 Å². The van der Waals surface area contributed by atoms with Crippen molar-refractivity contribution in [2.75, 3.05) is 18.4 Å². The van der Waals surface area contributed by atoms with E-state index in [4.69, 9.17) is 4.11 Å². The van der Waals surface area contributed by atoms with E-state index in [1.54, 1.807) is 23.2 Å². The predicted octanol–water partition coefficient (Wildman–Crippen LogP) is 2.80. The van der Waals surface area contributed by atoms with Gasteiger partial charge in [-0.05, 0) is 42.6 Å². The minimum absolute atomic E-state index is 0.201. The summed E-state index contributed by atoms with van der Waals surface area (Å²) in [4.78, 5) is 41.3. The molecule has 34 heavy (non-hydrogen) atoms. The van der Waals surface area contributed by atoms with Crippen LogP contribution in [0.3, 0.4) is 0 Å². The first-order valence-corrected chi connectivity index (χ1v) is 11.3. The lowest BCUT2D eigenvalue weighted by Gasteiger charge is -2.34. The summed E-state index contributed by atoms with van der Waals surface area (Å²) >= 11 is 0. The molecular weight excluding hydrogens is 435 g/mol. The maximum Gasteiger partial charge on any atom is 0.251 e. The van der Waals surface area contributed by atoms with Gasteiger partial charge in [0.2, 0.25) is 11.8 Å². The number of hydrogen-bond acceptors (Lipinski definition) is 4. The normalized spacial score (nSPS) is 18.3. The van der Waals surface area contributed by atoms with Crippen molar-refractivity contribution in [3.8, 4) is 0 Å². The van der Waals surface area contributed by atoms with Gasteiger partial charge in [0, 0.05) is 28.3 Å². The van der Waals surface area contributed by atoms with Crippen molar-refractivity contribution in [3.05, 3.63) is 63.8 Å². The van der Waals surface area contributed by atoms with Crippen molar-refractivity contribution < 1.29 is 18.1 Å². The molecular formula is C26H35FN4O3. The van der Waals surface area contributed by atoms with Crippen LogP contribution in [0.5, 0.6) is 0 Å². The van der Waals surface area contributed by atoms with Crippen LogP contribution in [0.15, 0.2) is 41.3 Å². The van der Waals surface area contributed by atoms with E-state index in [2.05, 4.69) is 10.6 Å². The molecule has 0 unspecified atom stereocenters. The second kappa shape index (κ2) is 9.33. The molecule has 0 spiro atoms. The summed E-state index contributed by atoms with van der Waals surface area (Å²) in [6.45, 7) is 8.74. The summed E-state index contributed by atoms with van der Waals surface area (Å²) in [7, 11) is 0. The van der Waals surface area contributed by atoms with Crippen LogP contribution in [0, 0.1) is 11.2 Å². The molecule has 3 rings (SSSR count). The maximum atomic E-state index is 13.9. The quantitative estimate of drug-likeness (QED) is 0.676. The minimum atomic E-state index is -2.51. The molecule has 2 N–H and O–H groups in total. The predicted molar refractivity (Wildman–Crippen MR) is 131 cm³/mol. The smallest absolute Gasteiger partial charge is 0.251 e. The lowest BCUT2D eigenvalue weighted by atomic mass is 9.85. The first-order valence-electron chi connectivity index (χ1n) is 12.8. The van der Waals surface area contributed by atoms with Crippen molar-refractivity contribution in [1.82, 2.24) is 15.2 Å². The van der Waals surface area contributed by atoms with Crippen LogP contribution in [0.4, 0.5) is 10.1 Å². The number of nitrogens with one attached hydrogen (secondary N) is 2. The highest BCUT2D eigenvalue weighted by molar-refractivity contribution is 6.02. The van der Waals surface area contributed by atoms with Crippen molar-refractivity contribution in [2.24, 2.45) is 5.41 Å². The molecule has 0 fully saturated rings. The Morgan fingerprint density at radius 2 is 1.88 bits per heavy atom. The fourth-order valence-corrected chi connectivity index (χ4v) is 4.13. The standard InChI is InChI=1S/C26H35FN4O3/c1-16(28-7)23(33)29-22(25(2,3)4)24(34)31-15-26(5,6)19-12-21(32)30(14-20(19)31)13-17-8-10-18(27)11-9-17/h8-12,14,16,22,28H,13,15H2,1-7H3,(H,29,33)/t16-,22+/m0/s1/i7D3. The molecule has 184 valence electrons. The van der Waals surface area contributed by atoms with Gasteiger partial charge in [-0.2, -0.15) is 0 Å². The van der Waals surface area contributed by atoms with Gasteiger partial charge >= 0.3 is 0 Å². The van der Waals surface area contributed by atoms with Crippen LogP contribution in [-0.4, -0.2) is 42.0 Å². The highest BCUT2D eigenvalue weighted by Crippen LogP contribution is 2.40. The van der Waals surface area contributed by atoms with Gasteiger partial charge in [0.05, 0.1) is 18.3 Å². The summed E-state index contributed by atoms with van der Waals surface area (Å²) < 4.78 is 36.9. The number of aromatic nitrogens is 1. The highest BCUT2D eigenvalue weighted by Gasteiger charge is 2.44. The molecule has 2 amide bonds. The van der Waals surface area contributed by atoms with E-state index in [1.807, 2.05) is 34.6 Å². The molecule has 1 aromatic heterocycles. The molecule has 2 aromatic rings. The molecule has 1 aliphatic rings. The van der Waals surface area contributed by atoms with E-state index in [9.17, 15) is 18.8 Å². The van der Waals surface area contributed by atoms with E-state index in [1.165, 1.54) is 29.7 Å². The van der Waals surface area contributed by atoms with Gasteiger partial charge in [-0.15, -0.1) is 0 Å². The molecule has 0 saturated heterocycles. The first kappa shape index (κ1) is 21.5. The molecule has 7 nitrogen and oxygen atoms in total. The fraction of sp³-hybridized carbons (Fsp3) is 0.500. The van der Waals surface area contributed by atoms with Crippen LogP contribution in [0.25, 0.3) is 0 Å². The Morgan fingerprint density at radius 1 is 1.24 bits per heavy atom. The lowest BCUT2D eigenvalue weighted by Crippen LogP contribution is -2.57. The molecule has 1 aromatic carbocycles. The van der Waals surface area contributed by atoms with Gasteiger partial charge in [-0.1, -0.05) is 46.8 Å². The van der Waals surface area contributed by atoms with Gasteiger partial charge in [0.1, 0.15) is 11.9 Å². The Morgan fingerprint density at radius 3 is 2.47 bits per heavy atom. The molecule has 0 radical (unpaired) electrons. The third kappa shape index (κ3) is 5.22. The number of carbonyl (C=O) groups excluding carboxylic acids is 2. The summed E-state index contributed by atoms with van der Waals surface area (Å²) in [5.74, 6) is -1.34. The van der Waals surface area contributed by atoms with Crippen molar-refractivity contribution in [1.29, 1.82) is 0 Å². The van der Waals surface area contributed by atoms with Crippen LogP contribution in [0.2, 0.25) is 0 Å². The van der Waals surface area contributed by atoms with Crippen LogP contribution in [-0.2, 0) is 21.5 Å². The number of anilines is 1.